The van der Waals surface area contributed by atoms with Crippen molar-refractivity contribution in [2.75, 3.05) is 7.11 Å². The van der Waals surface area contributed by atoms with E-state index in [0.717, 1.165) is 25.7 Å². The van der Waals surface area contributed by atoms with Crippen LogP contribution < -0.4 is 0 Å². The summed E-state index contributed by atoms with van der Waals surface area (Å²) in [5.41, 5.74) is -1.67. The molecule has 2 fully saturated rings. The molecular formula is C21H30O5. The van der Waals surface area contributed by atoms with E-state index >= 15 is 0 Å². The molecule has 5 nitrogen and oxygen atoms in total. The Bertz CT molecular complexity index is 691. The van der Waals surface area contributed by atoms with Gasteiger partial charge in [-0.3, -0.25) is 4.79 Å². The third kappa shape index (κ3) is 2.59. The summed E-state index contributed by atoms with van der Waals surface area (Å²) in [5.74, 6) is -1.51. The molecule has 0 spiro atoms. The molecule has 0 aliphatic heterocycles. The maximum absolute atomic E-state index is 12.9. The Morgan fingerprint density at radius 1 is 1.27 bits per heavy atom. The molecule has 2 saturated carbocycles. The van der Waals surface area contributed by atoms with Gasteiger partial charge in [0, 0.05) is 11.5 Å². The van der Waals surface area contributed by atoms with Gasteiger partial charge in [-0.05, 0) is 48.5 Å². The summed E-state index contributed by atoms with van der Waals surface area (Å²) in [6, 6.07) is 0. The van der Waals surface area contributed by atoms with Crippen molar-refractivity contribution in [1.82, 2.24) is 0 Å². The fraction of sp³-hybridized carbons (Fsp3) is 0.714. The highest BCUT2D eigenvalue weighted by atomic mass is 16.5. The van der Waals surface area contributed by atoms with E-state index in [1.807, 2.05) is 0 Å². The van der Waals surface area contributed by atoms with Crippen LogP contribution in [0.2, 0.25) is 0 Å². The van der Waals surface area contributed by atoms with Crippen molar-refractivity contribution in [1.29, 1.82) is 0 Å². The minimum atomic E-state index is -1.34. The second-order valence-corrected chi connectivity index (χ2v) is 9.25. The maximum Gasteiger partial charge on any atom is 0.337 e. The van der Waals surface area contributed by atoms with Crippen molar-refractivity contribution >= 4 is 11.8 Å². The predicted octanol–water partition coefficient (Wildman–Crippen LogP) is 2.56. The first-order valence-corrected chi connectivity index (χ1v) is 9.43. The predicted molar refractivity (Wildman–Crippen MR) is 97.2 cm³/mol. The second kappa shape index (κ2) is 6.03. The molecule has 5 atom stereocenters. The Morgan fingerprint density at radius 3 is 2.54 bits per heavy atom. The van der Waals surface area contributed by atoms with E-state index in [9.17, 15) is 19.8 Å². The Hall–Kier alpha value is -1.46. The minimum absolute atomic E-state index is 0.0137. The normalized spacial score (nSPS) is 41.5. The summed E-state index contributed by atoms with van der Waals surface area (Å²) >= 11 is 0. The number of carbonyl (C=O) groups excluding carboxylic acids is 2. The Morgan fingerprint density at radius 2 is 1.92 bits per heavy atom. The number of rotatable bonds is 2. The number of ether oxygens (including phenoxy) is 1. The van der Waals surface area contributed by atoms with Crippen molar-refractivity contribution in [3.63, 3.8) is 0 Å². The monoisotopic (exact) mass is 362 g/mol. The first-order valence-electron chi connectivity index (χ1n) is 9.43. The molecule has 0 aromatic heterocycles. The third-order valence-electron chi connectivity index (χ3n) is 7.36. The number of hydrogen-bond donors (Lipinski definition) is 2. The Balaban J connectivity index is 2.08. The molecule has 2 N–H and O–H groups in total. The molecule has 3 rings (SSSR count). The van der Waals surface area contributed by atoms with Crippen molar-refractivity contribution in [2.24, 2.45) is 22.7 Å². The van der Waals surface area contributed by atoms with Crippen LogP contribution in [0.5, 0.6) is 0 Å². The first kappa shape index (κ1) is 19.3. The number of Topliss-reactive ketones (excluding diaryl/α,β-unsaturated/α-hetero) is 1. The van der Waals surface area contributed by atoms with Crippen molar-refractivity contribution in [2.45, 2.75) is 64.6 Å². The first-order chi connectivity index (χ1) is 12.0. The smallest absolute Gasteiger partial charge is 0.337 e. The molecule has 0 aromatic rings. The zero-order valence-corrected chi connectivity index (χ0v) is 16.2. The zero-order valence-electron chi connectivity index (χ0n) is 16.2. The number of esters is 1. The van der Waals surface area contributed by atoms with Crippen molar-refractivity contribution in [3.8, 4) is 0 Å². The van der Waals surface area contributed by atoms with Crippen LogP contribution in [0, 0.1) is 22.7 Å². The van der Waals surface area contributed by atoms with E-state index in [-0.39, 0.29) is 22.0 Å². The van der Waals surface area contributed by atoms with Crippen LogP contribution in [0.25, 0.3) is 0 Å². The molecule has 0 radical (unpaired) electrons. The number of hydrogen-bond acceptors (Lipinski definition) is 5. The number of carbonyl (C=O) groups is 2. The standard InChI is InChI=1S/C21H30O5/c1-12(18(24)26-5)13-11-21(25)10-7-14-19(2,3)8-6-9-20(14,4)17(21)16(23)15(13)22/h11,14,16-17,23,25H,1,6-10H2,2-5H3. The van der Waals surface area contributed by atoms with Crippen LogP contribution in [0.3, 0.4) is 0 Å². The van der Waals surface area contributed by atoms with Crippen LogP contribution in [-0.2, 0) is 14.3 Å². The van der Waals surface area contributed by atoms with Gasteiger partial charge in [-0.1, -0.05) is 33.8 Å². The van der Waals surface area contributed by atoms with E-state index in [1.165, 1.54) is 13.2 Å². The topological polar surface area (TPSA) is 83.8 Å². The van der Waals surface area contributed by atoms with Gasteiger partial charge in [0.15, 0.2) is 5.78 Å². The molecular weight excluding hydrogens is 332 g/mol. The fourth-order valence-corrected chi connectivity index (χ4v) is 6.26. The molecule has 0 saturated heterocycles. The highest BCUT2D eigenvalue weighted by Gasteiger charge is 2.63. The highest BCUT2D eigenvalue weighted by Crippen LogP contribution is 2.64. The molecule has 0 heterocycles. The van der Waals surface area contributed by atoms with Gasteiger partial charge in [-0.2, -0.15) is 0 Å². The molecule has 0 amide bonds. The summed E-state index contributed by atoms with van der Waals surface area (Å²) in [7, 11) is 1.21. The minimum Gasteiger partial charge on any atom is -0.465 e. The van der Waals surface area contributed by atoms with Crippen molar-refractivity contribution in [3.05, 3.63) is 23.8 Å². The maximum atomic E-state index is 12.9. The van der Waals surface area contributed by atoms with Gasteiger partial charge in [-0.25, -0.2) is 4.79 Å². The van der Waals surface area contributed by atoms with E-state index in [0.29, 0.717) is 12.3 Å². The lowest BCUT2D eigenvalue weighted by molar-refractivity contribution is -0.193. The Kier molecular flexibility index (Phi) is 4.48. The van der Waals surface area contributed by atoms with Gasteiger partial charge in [0.25, 0.3) is 0 Å². The summed E-state index contributed by atoms with van der Waals surface area (Å²) in [6.45, 7) is 10.2. The average Bonchev–Trinajstić information content (AvgIpc) is 2.55. The molecule has 5 heteroatoms. The number of aliphatic hydroxyl groups excluding tert-OH is 1. The summed E-state index contributed by atoms with van der Waals surface area (Å²) in [6.07, 6.45) is 4.41. The average molecular weight is 362 g/mol. The highest BCUT2D eigenvalue weighted by molar-refractivity contribution is 6.12. The number of ketones is 1. The summed E-state index contributed by atoms with van der Waals surface area (Å²) in [4.78, 5) is 24.7. The van der Waals surface area contributed by atoms with Crippen LogP contribution in [0.15, 0.2) is 23.8 Å². The van der Waals surface area contributed by atoms with E-state index in [1.54, 1.807) is 0 Å². The van der Waals surface area contributed by atoms with Crippen LogP contribution in [0.4, 0.5) is 0 Å². The third-order valence-corrected chi connectivity index (χ3v) is 7.36. The lowest BCUT2D eigenvalue weighted by atomic mass is 9.43. The van der Waals surface area contributed by atoms with Gasteiger partial charge in [-0.15, -0.1) is 0 Å². The summed E-state index contributed by atoms with van der Waals surface area (Å²) in [5, 5.41) is 22.4. The molecule has 26 heavy (non-hydrogen) atoms. The Labute approximate surface area is 155 Å². The van der Waals surface area contributed by atoms with Crippen LogP contribution in [0.1, 0.15) is 52.9 Å². The van der Waals surface area contributed by atoms with E-state index in [2.05, 4.69) is 32.1 Å². The number of aliphatic hydroxyl groups is 2. The molecule has 5 unspecified atom stereocenters. The van der Waals surface area contributed by atoms with Gasteiger partial charge in [0.1, 0.15) is 6.10 Å². The van der Waals surface area contributed by atoms with Gasteiger partial charge in [0.2, 0.25) is 0 Å². The SMILES string of the molecule is C=C(C(=O)OC)C1=CC2(O)CCC3C(C)(C)CCCC3(C)C2C(O)C1=O. The second-order valence-electron chi connectivity index (χ2n) is 9.25. The fourth-order valence-electron chi connectivity index (χ4n) is 6.26. The van der Waals surface area contributed by atoms with Gasteiger partial charge >= 0.3 is 5.97 Å². The quantitative estimate of drug-likeness (QED) is 0.583. The van der Waals surface area contributed by atoms with Gasteiger partial charge < -0.3 is 14.9 Å². The van der Waals surface area contributed by atoms with E-state index in [4.69, 9.17) is 0 Å². The lowest BCUT2D eigenvalue weighted by Gasteiger charge is -2.62. The largest absolute Gasteiger partial charge is 0.465 e. The number of fused-ring (bicyclic) bond motifs is 3. The number of methoxy groups -OCH3 is 1. The van der Waals surface area contributed by atoms with Crippen LogP contribution in [-0.4, -0.2) is 40.8 Å². The van der Waals surface area contributed by atoms with Crippen molar-refractivity contribution < 1.29 is 24.5 Å². The van der Waals surface area contributed by atoms with Crippen LogP contribution >= 0.6 is 0 Å². The molecule has 3 aliphatic carbocycles. The zero-order chi connectivity index (χ0) is 19.5. The molecule has 144 valence electrons. The molecule has 0 aromatic carbocycles. The molecule has 0 bridgehead atoms. The lowest BCUT2D eigenvalue weighted by Crippen LogP contribution is -2.64. The summed E-state index contributed by atoms with van der Waals surface area (Å²) < 4.78 is 4.66. The molecule has 3 aliphatic rings. The van der Waals surface area contributed by atoms with E-state index < -0.39 is 29.4 Å². The van der Waals surface area contributed by atoms with Gasteiger partial charge in [0.05, 0.1) is 18.3 Å².